The minimum atomic E-state index is -0.279. The van der Waals surface area contributed by atoms with Crippen molar-refractivity contribution in [3.63, 3.8) is 0 Å². The van der Waals surface area contributed by atoms with E-state index in [1.807, 2.05) is 31.2 Å². The Morgan fingerprint density at radius 3 is 2.59 bits per heavy atom. The summed E-state index contributed by atoms with van der Waals surface area (Å²) in [7, 11) is 3.16. The van der Waals surface area contributed by atoms with Gasteiger partial charge in [0, 0.05) is 12.6 Å². The van der Waals surface area contributed by atoms with E-state index in [4.69, 9.17) is 13.9 Å². The molecule has 3 aromatic rings. The van der Waals surface area contributed by atoms with Crippen LogP contribution in [-0.4, -0.2) is 70.3 Å². The van der Waals surface area contributed by atoms with Crippen LogP contribution < -0.4 is 14.8 Å². The molecule has 0 atom stereocenters. The molecule has 1 N–H and O–H groups in total. The number of benzene rings is 1. The zero-order valence-corrected chi connectivity index (χ0v) is 21.6. The van der Waals surface area contributed by atoms with Crippen LogP contribution in [0.5, 0.6) is 11.5 Å². The first kappa shape index (κ1) is 26.2. The van der Waals surface area contributed by atoms with Gasteiger partial charge in [-0.2, -0.15) is 4.80 Å². The third kappa shape index (κ3) is 7.08. The zero-order valence-electron chi connectivity index (χ0n) is 21.6. The average Bonchev–Trinajstić information content (AvgIpc) is 3.55. The molecule has 1 fully saturated rings. The molecule has 0 unspecified atom stereocenters. The van der Waals surface area contributed by atoms with Crippen LogP contribution in [0.2, 0.25) is 0 Å². The van der Waals surface area contributed by atoms with Crippen LogP contribution in [0.1, 0.15) is 43.4 Å². The number of tetrazole rings is 1. The summed E-state index contributed by atoms with van der Waals surface area (Å²) < 4.78 is 16.2. The molecule has 0 saturated heterocycles. The van der Waals surface area contributed by atoms with Gasteiger partial charge in [0.2, 0.25) is 17.6 Å². The fraction of sp³-hybridized carbons (Fsp3) is 0.500. The summed E-state index contributed by atoms with van der Waals surface area (Å²) in [5, 5.41) is 15.4. The third-order valence-electron chi connectivity index (χ3n) is 6.47. The molecule has 2 aromatic heterocycles. The molecule has 0 bridgehead atoms. The van der Waals surface area contributed by atoms with Gasteiger partial charge in [-0.25, -0.2) is 0 Å². The number of nitrogens with zero attached hydrogens (tertiary/aromatic N) is 5. The van der Waals surface area contributed by atoms with Gasteiger partial charge in [-0.3, -0.25) is 9.59 Å². The molecular formula is C26H34N6O5. The van der Waals surface area contributed by atoms with E-state index in [1.165, 1.54) is 16.1 Å². The van der Waals surface area contributed by atoms with Crippen molar-refractivity contribution < 1.29 is 23.5 Å². The van der Waals surface area contributed by atoms with Gasteiger partial charge in [-0.1, -0.05) is 25.3 Å². The number of methoxy groups -OCH3 is 2. The summed E-state index contributed by atoms with van der Waals surface area (Å²) in [5.41, 5.74) is 0.956. The fourth-order valence-corrected chi connectivity index (χ4v) is 4.47. The number of aromatic nitrogens is 4. The Kier molecular flexibility index (Phi) is 8.76. The molecule has 0 aliphatic heterocycles. The number of aryl methyl sites for hydroxylation is 1. The van der Waals surface area contributed by atoms with Crippen LogP contribution in [0, 0.1) is 6.92 Å². The first-order valence-corrected chi connectivity index (χ1v) is 12.6. The molecule has 0 radical (unpaired) electrons. The SMILES string of the molecule is COc1ccc(CCN(CC(=O)NC2CCCCC2)C(=O)Cn2nnc(-c3ccc(C)o3)n2)cc1OC. The number of rotatable bonds is 11. The molecule has 2 heterocycles. The highest BCUT2D eigenvalue weighted by atomic mass is 16.5. The van der Waals surface area contributed by atoms with E-state index in [9.17, 15) is 9.59 Å². The second-order valence-corrected chi connectivity index (χ2v) is 9.21. The van der Waals surface area contributed by atoms with E-state index in [0.717, 1.165) is 37.0 Å². The maximum absolute atomic E-state index is 13.3. The van der Waals surface area contributed by atoms with Crippen LogP contribution in [0.25, 0.3) is 11.6 Å². The Labute approximate surface area is 216 Å². The van der Waals surface area contributed by atoms with Crippen LogP contribution in [0.3, 0.4) is 0 Å². The largest absolute Gasteiger partial charge is 0.493 e. The third-order valence-corrected chi connectivity index (χ3v) is 6.47. The van der Waals surface area contributed by atoms with Gasteiger partial charge in [0.25, 0.3) is 0 Å². The average molecular weight is 511 g/mol. The molecule has 11 heteroatoms. The normalized spacial score (nSPS) is 13.8. The van der Waals surface area contributed by atoms with Crippen molar-refractivity contribution in [1.29, 1.82) is 0 Å². The Bertz CT molecular complexity index is 1200. The first-order valence-electron chi connectivity index (χ1n) is 12.6. The van der Waals surface area contributed by atoms with Crippen LogP contribution in [0.15, 0.2) is 34.7 Å². The highest BCUT2D eigenvalue weighted by molar-refractivity contribution is 5.84. The topological polar surface area (TPSA) is 125 Å². The molecule has 37 heavy (non-hydrogen) atoms. The van der Waals surface area contributed by atoms with Gasteiger partial charge in [0.05, 0.1) is 20.8 Å². The van der Waals surface area contributed by atoms with E-state index in [1.54, 1.807) is 20.3 Å². The number of furan rings is 1. The minimum absolute atomic E-state index is 0.0401. The van der Waals surface area contributed by atoms with Crippen molar-refractivity contribution in [2.75, 3.05) is 27.3 Å². The second kappa shape index (κ2) is 12.4. The number of ether oxygens (including phenoxy) is 2. The van der Waals surface area contributed by atoms with E-state index >= 15 is 0 Å². The first-order chi connectivity index (χ1) is 17.9. The van der Waals surface area contributed by atoms with Crippen molar-refractivity contribution in [3.05, 3.63) is 41.7 Å². The molecule has 0 spiro atoms. The number of hydrogen-bond donors (Lipinski definition) is 1. The predicted molar refractivity (Wildman–Crippen MR) is 135 cm³/mol. The molecular weight excluding hydrogens is 476 g/mol. The summed E-state index contributed by atoms with van der Waals surface area (Å²) in [4.78, 5) is 28.9. The molecule has 11 nitrogen and oxygen atoms in total. The quantitative estimate of drug-likeness (QED) is 0.418. The van der Waals surface area contributed by atoms with E-state index in [0.29, 0.717) is 36.0 Å². The smallest absolute Gasteiger partial charge is 0.246 e. The van der Waals surface area contributed by atoms with Gasteiger partial charge >= 0.3 is 0 Å². The lowest BCUT2D eigenvalue weighted by atomic mass is 9.95. The van der Waals surface area contributed by atoms with Crippen LogP contribution >= 0.6 is 0 Å². The van der Waals surface area contributed by atoms with Gasteiger partial charge in [-0.15, -0.1) is 10.2 Å². The molecule has 4 rings (SSSR count). The number of hydrogen-bond acceptors (Lipinski definition) is 8. The molecule has 2 amide bonds. The summed E-state index contributed by atoms with van der Waals surface area (Å²) in [6, 6.07) is 9.35. The Morgan fingerprint density at radius 2 is 1.89 bits per heavy atom. The standard InChI is InChI=1S/C26H34N6O5/c1-18-9-11-22(37-18)26-28-30-32(29-26)17-25(34)31(16-24(33)27-20-7-5-4-6-8-20)14-13-19-10-12-21(35-2)23(15-19)36-3/h9-12,15,20H,4-8,13-14,16-17H2,1-3H3,(H,27,33). The number of carbonyl (C=O) groups excluding carboxylic acids is 2. The van der Waals surface area contributed by atoms with E-state index in [-0.39, 0.29) is 30.9 Å². The zero-order chi connectivity index (χ0) is 26.2. The number of amides is 2. The lowest BCUT2D eigenvalue weighted by Crippen LogP contribution is -2.46. The van der Waals surface area contributed by atoms with Crippen LogP contribution in [0.4, 0.5) is 0 Å². The number of nitrogens with one attached hydrogen (secondary N) is 1. The predicted octanol–water partition coefficient (Wildman–Crippen LogP) is 2.78. The van der Waals surface area contributed by atoms with Gasteiger partial charge in [0.15, 0.2) is 17.3 Å². The maximum atomic E-state index is 13.3. The van der Waals surface area contributed by atoms with Gasteiger partial charge in [-0.05, 0) is 61.2 Å². The Morgan fingerprint density at radius 1 is 1.11 bits per heavy atom. The maximum Gasteiger partial charge on any atom is 0.246 e. The van der Waals surface area contributed by atoms with E-state index in [2.05, 4.69) is 20.7 Å². The molecule has 1 saturated carbocycles. The van der Waals surface area contributed by atoms with Crippen LogP contribution in [-0.2, 0) is 22.6 Å². The highest BCUT2D eigenvalue weighted by Crippen LogP contribution is 2.27. The Hall–Kier alpha value is -3.89. The van der Waals surface area contributed by atoms with Gasteiger partial charge in [0.1, 0.15) is 12.3 Å². The minimum Gasteiger partial charge on any atom is -0.493 e. The van der Waals surface area contributed by atoms with E-state index < -0.39 is 0 Å². The molecule has 1 aromatic carbocycles. The summed E-state index contributed by atoms with van der Waals surface area (Å²) in [6.07, 6.45) is 5.91. The lowest BCUT2D eigenvalue weighted by Gasteiger charge is -2.26. The molecule has 198 valence electrons. The van der Waals surface area contributed by atoms with Crippen molar-refractivity contribution in [3.8, 4) is 23.1 Å². The van der Waals surface area contributed by atoms with Crippen molar-refractivity contribution in [2.45, 2.75) is 58.0 Å². The fourth-order valence-electron chi connectivity index (χ4n) is 4.47. The van der Waals surface area contributed by atoms with Crippen molar-refractivity contribution in [2.24, 2.45) is 0 Å². The monoisotopic (exact) mass is 510 g/mol. The lowest BCUT2D eigenvalue weighted by molar-refractivity contribution is -0.137. The molecule has 1 aliphatic carbocycles. The number of carbonyl (C=O) groups is 2. The summed E-state index contributed by atoms with van der Waals surface area (Å²) in [5.74, 6) is 2.31. The van der Waals surface area contributed by atoms with Gasteiger partial charge < -0.3 is 24.1 Å². The highest BCUT2D eigenvalue weighted by Gasteiger charge is 2.22. The van der Waals surface area contributed by atoms with Crippen molar-refractivity contribution >= 4 is 11.8 Å². The summed E-state index contributed by atoms with van der Waals surface area (Å²) >= 11 is 0. The van der Waals surface area contributed by atoms with Crippen molar-refractivity contribution in [1.82, 2.24) is 30.4 Å². The molecule has 1 aliphatic rings. The Balaban J connectivity index is 1.44. The summed E-state index contributed by atoms with van der Waals surface area (Å²) in [6.45, 7) is 1.98. The second-order valence-electron chi connectivity index (χ2n) is 9.21.